The number of nitrogens with two attached hydrogens (primary N) is 1. The zero-order valence-electron chi connectivity index (χ0n) is 17.4. The van der Waals surface area contributed by atoms with E-state index in [1.54, 1.807) is 0 Å². The quantitative estimate of drug-likeness (QED) is 0.608. The fraction of sp³-hybridized carbons (Fsp3) is 0.636. The van der Waals surface area contributed by atoms with Crippen LogP contribution in [0, 0.1) is 19.8 Å². The van der Waals surface area contributed by atoms with Crippen molar-refractivity contribution in [3.05, 3.63) is 29.1 Å². The second kappa shape index (κ2) is 9.52. The predicted molar refractivity (Wildman–Crippen MR) is 112 cm³/mol. The van der Waals surface area contributed by atoms with Crippen molar-refractivity contribution >= 4 is 16.9 Å². The molecule has 0 unspecified atom stereocenters. The number of carbonyl (C=O) groups excluding carboxylic acids is 1. The molecule has 0 saturated heterocycles. The molecule has 0 bridgehead atoms. The van der Waals surface area contributed by atoms with E-state index in [9.17, 15) is 4.79 Å². The maximum Gasteiger partial charge on any atom is 0.223 e. The zero-order chi connectivity index (χ0) is 20.1. The van der Waals surface area contributed by atoms with E-state index >= 15 is 0 Å². The number of rotatable bonds is 8. The Labute approximate surface area is 167 Å². The number of nitrogens with zero attached hydrogens (tertiary/aromatic N) is 1. The van der Waals surface area contributed by atoms with Crippen LogP contribution in [-0.2, 0) is 16.0 Å². The summed E-state index contributed by atoms with van der Waals surface area (Å²) in [5.41, 5.74) is 10.8. The van der Waals surface area contributed by atoms with Crippen LogP contribution >= 0.6 is 0 Å². The van der Waals surface area contributed by atoms with Crippen LogP contribution < -0.4 is 11.1 Å². The standard InChI is InChI=1S/C22H34N4O2/c1-4-12-28-19-13-16(8-9-17(19)23)22(27)24-11-5-6-20-25-18-10-7-14(2)15(3)21(18)26-20/h7,10,16-17,19H,4-6,8-9,11-13,23H2,1-3H3,(H,24,27)(H,25,26)/t16-,17-,19-/m0/s1. The maximum absolute atomic E-state index is 12.5. The summed E-state index contributed by atoms with van der Waals surface area (Å²) in [4.78, 5) is 20.6. The molecule has 6 heteroatoms. The molecule has 1 heterocycles. The van der Waals surface area contributed by atoms with Gasteiger partial charge in [0, 0.05) is 31.5 Å². The second-order valence-corrected chi connectivity index (χ2v) is 8.06. The van der Waals surface area contributed by atoms with Crippen LogP contribution in [0.5, 0.6) is 0 Å². The summed E-state index contributed by atoms with van der Waals surface area (Å²) >= 11 is 0. The van der Waals surface area contributed by atoms with E-state index in [-0.39, 0.29) is 24.0 Å². The van der Waals surface area contributed by atoms with E-state index in [0.717, 1.165) is 55.4 Å². The molecule has 1 aliphatic carbocycles. The minimum absolute atomic E-state index is 0.00620. The summed E-state index contributed by atoms with van der Waals surface area (Å²) < 4.78 is 5.84. The van der Waals surface area contributed by atoms with Gasteiger partial charge in [-0.2, -0.15) is 0 Å². The highest BCUT2D eigenvalue weighted by atomic mass is 16.5. The average molecular weight is 387 g/mol. The third-order valence-electron chi connectivity index (χ3n) is 5.87. The largest absolute Gasteiger partial charge is 0.377 e. The van der Waals surface area contributed by atoms with Crippen LogP contribution in [0.4, 0.5) is 0 Å². The molecule has 2 aromatic rings. The number of hydrogen-bond acceptors (Lipinski definition) is 4. The van der Waals surface area contributed by atoms with Crippen molar-refractivity contribution in [3.63, 3.8) is 0 Å². The van der Waals surface area contributed by atoms with Crippen LogP contribution in [0.15, 0.2) is 12.1 Å². The number of H-pyrrole nitrogens is 1. The molecule has 3 rings (SSSR count). The van der Waals surface area contributed by atoms with Crippen molar-refractivity contribution < 1.29 is 9.53 Å². The Kier molecular flexibility index (Phi) is 7.08. The van der Waals surface area contributed by atoms with Gasteiger partial charge in [0.2, 0.25) is 5.91 Å². The number of aromatic nitrogens is 2. The van der Waals surface area contributed by atoms with Crippen LogP contribution in [-0.4, -0.2) is 41.2 Å². The fourth-order valence-electron chi connectivity index (χ4n) is 3.95. The van der Waals surface area contributed by atoms with Crippen molar-refractivity contribution in [3.8, 4) is 0 Å². The molecule has 1 aromatic carbocycles. The Hall–Kier alpha value is -1.92. The van der Waals surface area contributed by atoms with E-state index in [4.69, 9.17) is 15.5 Å². The molecule has 1 aromatic heterocycles. The molecular formula is C22H34N4O2. The van der Waals surface area contributed by atoms with Crippen molar-refractivity contribution in [2.45, 2.75) is 71.4 Å². The van der Waals surface area contributed by atoms with Gasteiger partial charge in [0.05, 0.1) is 17.1 Å². The third kappa shape index (κ3) is 4.92. The lowest BCUT2D eigenvalue weighted by molar-refractivity contribution is -0.128. The topological polar surface area (TPSA) is 93.0 Å². The molecule has 0 radical (unpaired) electrons. The smallest absolute Gasteiger partial charge is 0.223 e. The number of amides is 1. The van der Waals surface area contributed by atoms with Gasteiger partial charge in [0.25, 0.3) is 0 Å². The van der Waals surface area contributed by atoms with Gasteiger partial charge in [-0.05, 0) is 63.1 Å². The van der Waals surface area contributed by atoms with Crippen molar-refractivity contribution in [1.29, 1.82) is 0 Å². The Balaban J connectivity index is 1.45. The molecule has 1 fully saturated rings. The molecular weight excluding hydrogens is 352 g/mol. The Morgan fingerprint density at radius 3 is 2.96 bits per heavy atom. The Morgan fingerprint density at radius 2 is 2.18 bits per heavy atom. The first-order chi connectivity index (χ1) is 13.5. The Morgan fingerprint density at radius 1 is 1.36 bits per heavy atom. The molecule has 3 atom stereocenters. The highest BCUT2D eigenvalue weighted by molar-refractivity contribution is 5.80. The van der Waals surface area contributed by atoms with Gasteiger partial charge in [0.15, 0.2) is 0 Å². The third-order valence-corrected chi connectivity index (χ3v) is 5.87. The van der Waals surface area contributed by atoms with Gasteiger partial charge < -0.3 is 20.8 Å². The molecule has 0 aliphatic heterocycles. The van der Waals surface area contributed by atoms with E-state index in [2.05, 4.69) is 43.2 Å². The number of aromatic amines is 1. The van der Waals surface area contributed by atoms with Crippen molar-refractivity contribution in [2.75, 3.05) is 13.2 Å². The van der Waals surface area contributed by atoms with E-state index in [0.29, 0.717) is 13.2 Å². The van der Waals surface area contributed by atoms with Gasteiger partial charge in [-0.15, -0.1) is 0 Å². The molecule has 154 valence electrons. The predicted octanol–water partition coefficient (Wildman–Crippen LogP) is 3.15. The number of aryl methyl sites for hydroxylation is 3. The first kappa shape index (κ1) is 20.8. The van der Waals surface area contributed by atoms with Crippen LogP contribution in [0.25, 0.3) is 11.0 Å². The summed E-state index contributed by atoms with van der Waals surface area (Å²) in [6.07, 6.45) is 5.10. The number of benzene rings is 1. The summed E-state index contributed by atoms with van der Waals surface area (Å²) in [5, 5.41) is 3.09. The minimum atomic E-state index is 0.00620. The maximum atomic E-state index is 12.5. The van der Waals surface area contributed by atoms with Crippen molar-refractivity contribution in [1.82, 2.24) is 15.3 Å². The number of hydrogen-bond donors (Lipinski definition) is 3. The fourth-order valence-corrected chi connectivity index (χ4v) is 3.95. The summed E-state index contributed by atoms with van der Waals surface area (Å²) in [7, 11) is 0. The first-order valence-corrected chi connectivity index (χ1v) is 10.6. The number of nitrogens with one attached hydrogen (secondary N) is 2. The van der Waals surface area contributed by atoms with Crippen LogP contribution in [0.3, 0.4) is 0 Å². The molecule has 4 N–H and O–H groups in total. The number of carbonyl (C=O) groups is 1. The normalized spacial score (nSPS) is 22.5. The number of ether oxygens (including phenoxy) is 1. The van der Waals surface area contributed by atoms with Crippen LogP contribution in [0.2, 0.25) is 0 Å². The zero-order valence-corrected chi connectivity index (χ0v) is 17.4. The summed E-state index contributed by atoms with van der Waals surface area (Å²) in [6, 6.07) is 4.25. The van der Waals surface area contributed by atoms with E-state index in [1.165, 1.54) is 11.1 Å². The molecule has 6 nitrogen and oxygen atoms in total. The first-order valence-electron chi connectivity index (χ1n) is 10.6. The van der Waals surface area contributed by atoms with E-state index in [1.807, 2.05) is 0 Å². The van der Waals surface area contributed by atoms with Gasteiger partial charge >= 0.3 is 0 Å². The molecule has 1 aliphatic rings. The minimum Gasteiger partial charge on any atom is -0.377 e. The number of imidazole rings is 1. The molecule has 0 spiro atoms. The number of fused-ring (bicyclic) bond motifs is 1. The molecule has 28 heavy (non-hydrogen) atoms. The van der Waals surface area contributed by atoms with Crippen LogP contribution in [0.1, 0.15) is 56.0 Å². The lowest BCUT2D eigenvalue weighted by Crippen LogP contribution is -2.46. The Bertz CT molecular complexity index is 801. The van der Waals surface area contributed by atoms with Gasteiger partial charge in [0.1, 0.15) is 5.82 Å². The SMILES string of the molecule is CCCO[C@H]1C[C@@H](C(=O)NCCCc2nc3c(C)c(C)ccc3[nH]2)CC[C@@H]1N. The average Bonchev–Trinajstić information content (AvgIpc) is 3.11. The van der Waals surface area contributed by atoms with Crippen molar-refractivity contribution in [2.24, 2.45) is 11.7 Å². The monoisotopic (exact) mass is 386 g/mol. The lowest BCUT2D eigenvalue weighted by atomic mass is 9.83. The van der Waals surface area contributed by atoms with E-state index < -0.39 is 0 Å². The molecule has 1 saturated carbocycles. The second-order valence-electron chi connectivity index (χ2n) is 8.06. The highest BCUT2D eigenvalue weighted by Gasteiger charge is 2.32. The lowest BCUT2D eigenvalue weighted by Gasteiger charge is -2.33. The van der Waals surface area contributed by atoms with Gasteiger partial charge in [-0.3, -0.25) is 4.79 Å². The van der Waals surface area contributed by atoms with Gasteiger partial charge in [-0.1, -0.05) is 13.0 Å². The summed E-state index contributed by atoms with van der Waals surface area (Å²) in [6.45, 7) is 7.67. The van der Waals surface area contributed by atoms with Gasteiger partial charge in [-0.25, -0.2) is 4.98 Å². The summed E-state index contributed by atoms with van der Waals surface area (Å²) in [5.74, 6) is 1.13. The highest BCUT2D eigenvalue weighted by Crippen LogP contribution is 2.26. The molecule has 1 amide bonds.